The molecule has 1 rings (SSSR count). The lowest BCUT2D eigenvalue weighted by Crippen LogP contribution is -2.16. The van der Waals surface area contributed by atoms with Crippen LogP contribution < -0.4 is 5.32 Å². The van der Waals surface area contributed by atoms with Gasteiger partial charge in [-0.2, -0.15) is 0 Å². The van der Waals surface area contributed by atoms with E-state index in [1.165, 1.54) is 5.56 Å². The lowest BCUT2D eigenvalue weighted by molar-refractivity contribution is 0.194. The van der Waals surface area contributed by atoms with Gasteiger partial charge in [0.05, 0.1) is 0 Å². The van der Waals surface area contributed by atoms with Crippen LogP contribution in [0.4, 0.5) is 0 Å². The molecule has 0 spiro atoms. The molecule has 0 atom stereocenters. The maximum absolute atomic E-state index is 4.94. The summed E-state index contributed by atoms with van der Waals surface area (Å²) >= 11 is 0. The Morgan fingerprint density at radius 2 is 2.46 bits per heavy atom. The van der Waals surface area contributed by atoms with E-state index in [2.05, 4.69) is 16.4 Å². The number of aromatic nitrogens is 1. The maximum atomic E-state index is 4.94. The summed E-state index contributed by atoms with van der Waals surface area (Å²) in [6.07, 6.45) is 4.72. The molecule has 3 heteroatoms. The Kier molecular flexibility index (Phi) is 5.13. The predicted molar refractivity (Wildman–Crippen MR) is 52.4 cm³/mol. The van der Waals surface area contributed by atoms with Gasteiger partial charge in [0.2, 0.25) is 0 Å². The highest BCUT2D eigenvalue weighted by Gasteiger charge is 1.90. The van der Waals surface area contributed by atoms with Crippen molar-refractivity contribution in [3.63, 3.8) is 0 Å². The average Bonchev–Trinajstić information content (AvgIpc) is 2.19. The predicted octanol–water partition coefficient (Wildman–Crippen LogP) is 1.21. The molecule has 0 amide bonds. The molecule has 0 aromatic carbocycles. The fraction of sp³-hybridized carbons (Fsp3) is 0.500. The van der Waals surface area contributed by atoms with Crippen molar-refractivity contribution in [2.75, 3.05) is 20.3 Å². The average molecular weight is 180 g/mol. The summed E-state index contributed by atoms with van der Waals surface area (Å²) in [6.45, 7) is 2.69. The Labute approximate surface area is 79.1 Å². The number of hydrogen-bond acceptors (Lipinski definition) is 3. The topological polar surface area (TPSA) is 34.1 Å². The number of rotatable bonds is 6. The fourth-order valence-corrected chi connectivity index (χ4v) is 1.08. The molecule has 0 saturated heterocycles. The van der Waals surface area contributed by atoms with E-state index in [9.17, 15) is 0 Å². The first-order valence-electron chi connectivity index (χ1n) is 4.52. The van der Waals surface area contributed by atoms with E-state index in [-0.39, 0.29) is 0 Å². The third kappa shape index (κ3) is 4.60. The van der Waals surface area contributed by atoms with Gasteiger partial charge in [0.25, 0.3) is 0 Å². The summed E-state index contributed by atoms with van der Waals surface area (Å²) in [4.78, 5) is 4.04. The summed E-state index contributed by atoms with van der Waals surface area (Å²) in [5.74, 6) is 0. The van der Waals surface area contributed by atoms with Gasteiger partial charge >= 0.3 is 0 Å². The first kappa shape index (κ1) is 10.2. The Hall–Kier alpha value is -0.930. The van der Waals surface area contributed by atoms with E-state index in [0.717, 1.165) is 26.1 Å². The second-order valence-electron chi connectivity index (χ2n) is 2.88. The van der Waals surface area contributed by atoms with Crippen molar-refractivity contribution in [1.29, 1.82) is 0 Å². The number of ether oxygens (including phenoxy) is 1. The number of hydrogen-bond donors (Lipinski definition) is 1. The summed E-state index contributed by atoms with van der Waals surface area (Å²) in [5.41, 5.74) is 1.22. The van der Waals surface area contributed by atoms with Crippen molar-refractivity contribution in [3.8, 4) is 0 Å². The first-order chi connectivity index (χ1) is 6.43. The van der Waals surface area contributed by atoms with Crippen LogP contribution in [0, 0.1) is 0 Å². The summed E-state index contributed by atoms with van der Waals surface area (Å²) in [6, 6.07) is 4.02. The standard InChI is InChI=1S/C10H16N2O/c1-13-7-3-6-12-9-10-4-2-5-11-8-10/h2,4-5,8,12H,3,6-7,9H2,1H3. The molecule has 0 saturated carbocycles. The highest BCUT2D eigenvalue weighted by atomic mass is 16.5. The summed E-state index contributed by atoms with van der Waals surface area (Å²) < 4.78 is 4.94. The van der Waals surface area contributed by atoms with Crippen LogP contribution in [-0.2, 0) is 11.3 Å². The molecule has 1 N–H and O–H groups in total. The molecule has 1 aromatic rings. The van der Waals surface area contributed by atoms with E-state index in [0.29, 0.717) is 0 Å². The Morgan fingerprint density at radius 3 is 3.15 bits per heavy atom. The zero-order chi connectivity index (χ0) is 9.36. The molecule has 0 aliphatic heterocycles. The Morgan fingerprint density at radius 1 is 1.54 bits per heavy atom. The highest BCUT2D eigenvalue weighted by molar-refractivity contribution is 5.07. The Balaban J connectivity index is 2.07. The number of nitrogens with one attached hydrogen (secondary N) is 1. The third-order valence-corrected chi connectivity index (χ3v) is 1.75. The van der Waals surface area contributed by atoms with Crippen LogP contribution in [0.2, 0.25) is 0 Å². The summed E-state index contributed by atoms with van der Waals surface area (Å²) in [5, 5.41) is 3.32. The van der Waals surface area contributed by atoms with Gasteiger partial charge in [-0.1, -0.05) is 6.07 Å². The zero-order valence-corrected chi connectivity index (χ0v) is 7.99. The number of nitrogens with zero attached hydrogens (tertiary/aromatic N) is 1. The quantitative estimate of drug-likeness (QED) is 0.668. The van der Waals surface area contributed by atoms with E-state index in [1.54, 1.807) is 13.3 Å². The molecule has 72 valence electrons. The first-order valence-corrected chi connectivity index (χ1v) is 4.52. The van der Waals surface area contributed by atoms with Gasteiger partial charge in [0.15, 0.2) is 0 Å². The van der Waals surface area contributed by atoms with Crippen LogP contribution in [0.25, 0.3) is 0 Å². The molecule has 3 nitrogen and oxygen atoms in total. The second-order valence-corrected chi connectivity index (χ2v) is 2.88. The second kappa shape index (κ2) is 6.57. The molecule has 0 unspecified atom stereocenters. The van der Waals surface area contributed by atoms with Crippen molar-refractivity contribution < 1.29 is 4.74 Å². The van der Waals surface area contributed by atoms with Crippen LogP contribution in [0.1, 0.15) is 12.0 Å². The fourth-order valence-electron chi connectivity index (χ4n) is 1.08. The molecular formula is C10H16N2O. The van der Waals surface area contributed by atoms with Crippen molar-refractivity contribution in [2.45, 2.75) is 13.0 Å². The van der Waals surface area contributed by atoms with Gasteiger partial charge in [0, 0.05) is 32.7 Å². The smallest absolute Gasteiger partial charge is 0.0474 e. The molecule has 1 heterocycles. The molecule has 13 heavy (non-hydrogen) atoms. The minimum atomic E-state index is 0.819. The monoisotopic (exact) mass is 180 g/mol. The molecule has 0 aliphatic rings. The van der Waals surface area contributed by atoms with Gasteiger partial charge in [0.1, 0.15) is 0 Å². The van der Waals surface area contributed by atoms with E-state index in [1.807, 2.05) is 12.3 Å². The lowest BCUT2D eigenvalue weighted by atomic mass is 10.3. The Bertz CT molecular complexity index is 213. The molecular weight excluding hydrogens is 164 g/mol. The van der Waals surface area contributed by atoms with E-state index < -0.39 is 0 Å². The van der Waals surface area contributed by atoms with Crippen LogP contribution in [0.15, 0.2) is 24.5 Å². The van der Waals surface area contributed by atoms with E-state index in [4.69, 9.17) is 4.74 Å². The number of pyridine rings is 1. The van der Waals surface area contributed by atoms with E-state index >= 15 is 0 Å². The van der Waals surface area contributed by atoms with Gasteiger partial charge in [-0.15, -0.1) is 0 Å². The van der Waals surface area contributed by atoms with Gasteiger partial charge in [-0.05, 0) is 24.6 Å². The SMILES string of the molecule is COCCCNCc1cccnc1. The molecule has 0 aliphatic carbocycles. The maximum Gasteiger partial charge on any atom is 0.0474 e. The molecule has 0 bridgehead atoms. The molecule has 0 radical (unpaired) electrons. The van der Waals surface area contributed by atoms with Crippen molar-refractivity contribution in [3.05, 3.63) is 30.1 Å². The van der Waals surface area contributed by atoms with Gasteiger partial charge in [-0.3, -0.25) is 4.98 Å². The summed E-state index contributed by atoms with van der Waals surface area (Å²) in [7, 11) is 1.72. The van der Waals surface area contributed by atoms with Crippen molar-refractivity contribution in [2.24, 2.45) is 0 Å². The minimum absolute atomic E-state index is 0.819. The van der Waals surface area contributed by atoms with Crippen LogP contribution in [0.3, 0.4) is 0 Å². The van der Waals surface area contributed by atoms with Crippen molar-refractivity contribution >= 4 is 0 Å². The molecule has 1 aromatic heterocycles. The minimum Gasteiger partial charge on any atom is -0.385 e. The zero-order valence-electron chi connectivity index (χ0n) is 7.99. The third-order valence-electron chi connectivity index (χ3n) is 1.75. The number of methoxy groups -OCH3 is 1. The van der Waals surface area contributed by atoms with Crippen molar-refractivity contribution in [1.82, 2.24) is 10.3 Å². The highest BCUT2D eigenvalue weighted by Crippen LogP contribution is 1.93. The van der Waals surface area contributed by atoms with Crippen LogP contribution in [0.5, 0.6) is 0 Å². The normalized spacial score (nSPS) is 10.2. The van der Waals surface area contributed by atoms with Gasteiger partial charge in [-0.25, -0.2) is 0 Å². The molecule has 0 fully saturated rings. The lowest BCUT2D eigenvalue weighted by Gasteiger charge is -2.03. The largest absolute Gasteiger partial charge is 0.385 e. The van der Waals surface area contributed by atoms with Crippen LogP contribution >= 0.6 is 0 Å². The van der Waals surface area contributed by atoms with Gasteiger partial charge < -0.3 is 10.1 Å². The van der Waals surface area contributed by atoms with Crippen LogP contribution in [-0.4, -0.2) is 25.2 Å².